The summed E-state index contributed by atoms with van der Waals surface area (Å²) in [5.74, 6) is -0.0909. The van der Waals surface area contributed by atoms with Crippen LogP contribution in [-0.2, 0) is 6.54 Å². The molecule has 0 radical (unpaired) electrons. The van der Waals surface area contributed by atoms with Crippen molar-refractivity contribution in [1.82, 2.24) is 5.32 Å². The van der Waals surface area contributed by atoms with E-state index < -0.39 is 0 Å². The van der Waals surface area contributed by atoms with Crippen LogP contribution in [0.15, 0.2) is 46.9 Å². The molecule has 2 rings (SSSR count). The van der Waals surface area contributed by atoms with E-state index in [0.717, 1.165) is 4.47 Å². The highest BCUT2D eigenvalue weighted by Crippen LogP contribution is 2.19. The molecule has 0 aromatic heterocycles. The lowest BCUT2D eigenvalue weighted by Crippen LogP contribution is -2.22. The number of amides is 1. The summed E-state index contributed by atoms with van der Waals surface area (Å²) in [6.45, 7) is 0.224. The molecule has 0 saturated carbocycles. The maximum absolute atomic E-state index is 11.9. The summed E-state index contributed by atoms with van der Waals surface area (Å²) in [6, 6.07) is 11.8. The molecule has 0 aliphatic rings. The number of carbonyl (C=O) groups is 1. The quantitative estimate of drug-likeness (QED) is 0.601. The largest absolute Gasteiger partial charge is 0.508 e. The molecule has 4 nitrogen and oxygen atoms in total. The van der Waals surface area contributed by atoms with Gasteiger partial charge in [-0.3, -0.25) is 4.79 Å². The topological polar surface area (TPSA) is 75.3 Å². The average molecular weight is 321 g/mol. The predicted molar refractivity (Wildman–Crippen MR) is 77.8 cm³/mol. The number of halogens is 1. The molecule has 98 valence electrons. The normalized spacial score (nSPS) is 10.2. The number of rotatable bonds is 3. The highest BCUT2D eigenvalue weighted by molar-refractivity contribution is 9.10. The van der Waals surface area contributed by atoms with Crippen molar-refractivity contribution < 1.29 is 9.90 Å². The van der Waals surface area contributed by atoms with E-state index in [4.69, 9.17) is 5.73 Å². The minimum atomic E-state index is -0.205. The van der Waals surface area contributed by atoms with Crippen molar-refractivity contribution in [3.05, 3.63) is 58.1 Å². The first-order chi connectivity index (χ1) is 9.06. The van der Waals surface area contributed by atoms with Crippen LogP contribution >= 0.6 is 15.9 Å². The number of phenolic OH excluding ortho intramolecular Hbond substituents is 1. The Morgan fingerprint density at radius 1 is 1.26 bits per heavy atom. The minimum absolute atomic E-state index is 0.115. The van der Waals surface area contributed by atoms with E-state index in [0.29, 0.717) is 16.8 Å². The Morgan fingerprint density at radius 2 is 2.05 bits per heavy atom. The van der Waals surface area contributed by atoms with Gasteiger partial charge in [0.1, 0.15) is 5.75 Å². The number of nitrogen functional groups attached to an aromatic ring is 1. The van der Waals surface area contributed by atoms with Crippen LogP contribution in [0.5, 0.6) is 5.75 Å². The van der Waals surface area contributed by atoms with Gasteiger partial charge in [-0.05, 0) is 36.4 Å². The minimum Gasteiger partial charge on any atom is -0.508 e. The van der Waals surface area contributed by atoms with Crippen LogP contribution in [0, 0.1) is 0 Å². The van der Waals surface area contributed by atoms with Crippen molar-refractivity contribution in [1.29, 1.82) is 0 Å². The summed E-state index contributed by atoms with van der Waals surface area (Å²) in [4.78, 5) is 11.9. The van der Waals surface area contributed by atoms with Gasteiger partial charge in [-0.25, -0.2) is 0 Å². The molecule has 0 fully saturated rings. The molecule has 0 spiro atoms. The second kappa shape index (κ2) is 5.75. The molecule has 5 heteroatoms. The first-order valence-electron chi connectivity index (χ1n) is 5.67. The molecular formula is C14H13BrN2O2. The van der Waals surface area contributed by atoms with Gasteiger partial charge in [0.2, 0.25) is 0 Å². The zero-order chi connectivity index (χ0) is 13.8. The van der Waals surface area contributed by atoms with Crippen LogP contribution < -0.4 is 11.1 Å². The van der Waals surface area contributed by atoms with Crippen LogP contribution in [0.4, 0.5) is 5.69 Å². The average Bonchev–Trinajstić information content (AvgIpc) is 2.39. The van der Waals surface area contributed by atoms with E-state index in [1.807, 2.05) is 6.07 Å². The van der Waals surface area contributed by atoms with E-state index in [1.165, 1.54) is 6.07 Å². The second-order valence-corrected chi connectivity index (χ2v) is 5.00. The van der Waals surface area contributed by atoms with Gasteiger partial charge in [-0.2, -0.15) is 0 Å². The Labute approximate surface area is 119 Å². The molecule has 19 heavy (non-hydrogen) atoms. The molecule has 0 saturated heterocycles. The Balaban J connectivity index is 2.06. The molecule has 2 aromatic carbocycles. The smallest absolute Gasteiger partial charge is 0.251 e. The zero-order valence-corrected chi connectivity index (χ0v) is 11.6. The first-order valence-corrected chi connectivity index (χ1v) is 6.46. The highest BCUT2D eigenvalue weighted by atomic mass is 79.9. The molecule has 0 aliphatic carbocycles. The van der Waals surface area contributed by atoms with E-state index in [9.17, 15) is 9.90 Å². The summed E-state index contributed by atoms with van der Waals surface area (Å²) in [6.07, 6.45) is 0. The van der Waals surface area contributed by atoms with Crippen LogP contribution in [0.2, 0.25) is 0 Å². The fraction of sp³-hybridized carbons (Fsp3) is 0.0714. The Bertz CT molecular complexity index is 614. The van der Waals surface area contributed by atoms with E-state index in [2.05, 4.69) is 21.2 Å². The van der Waals surface area contributed by atoms with Crippen molar-refractivity contribution in [2.75, 3.05) is 5.73 Å². The maximum atomic E-state index is 11.9. The number of hydrogen-bond donors (Lipinski definition) is 3. The summed E-state index contributed by atoms with van der Waals surface area (Å²) in [7, 11) is 0. The Kier molecular flexibility index (Phi) is 4.06. The third-order valence-corrected chi connectivity index (χ3v) is 3.12. The SMILES string of the molecule is Nc1ccc(O)c(CNC(=O)c2cccc(Br)c2)c1. The van der Waals surface area contributed by atoms with Crippen LogP contribution in [-0.4, -0.2) is 11.0 Å². The highest BCUT2D eigenvalue weighted by Gasteiger charge is 2.07. The van der Waals surface area contributed by atoms with Crippen molar-refractivity contribution in [3.63, 3.8) is 0 Å². The van der Waals surface area contributed by atoms with E-state index in [1.54, 1.807) is 30.3 Å². The maximum Gasteiger partial charge on any atom is 0.251 e. The van der Waals surface area contributed by atoms with Gasteiger partial charge in [0.25, 0.3) is 5.91 Å². The fourth-order valence-electron chi connectivity index (χ4n) is 1.65. The number of hydrogen-bond acceptors (Lipinski definition) is 3. The van der Waals surface area contributed by atoms with Crippen molar-refractivity contribution in [2.24, 2.45) is 0 Å². The van der Waals surface area contributed by atoms with Gasteiger partial charge in [-0.1, -0.05) is 22.0 Å². The van der Waals surface area contributed by atoms with Crippen molar-refractivity contribution in [3.8, 4) is 5.75 Å². The third-order valence-electron chi connectivity index (χ3n) is 2.63. The molecule has 1 amide bonds. The number of anilines is 1. The monoisotopic (exact) mass is 320 g/mol. The third kappa shape index (κ3) is 3.48. The Morgan fingerprint density at radius 3 is 2.79 bits per heavy atom. The summed E-state index contributed by atoms with van der Waals surface area (Å²) < 4.78 is 0.840. The van der Waals surface area contributed by atoms with Gasteiger partial charge in [-0.15, -0.1) is 0 Å². The number of nitrogens with two attached hydrogens (primary N) is 1. The number of phenols is 1. The predicted octanol–water partition coefficient (Wildman–Crippen LogP) is 2.67. The molecular weight excluding hydrogens is 308 g/mol. The molecule has 0 bridgehead atoms. The van der Waals surface area contributed by atoms with Gasteiger partial charge < -0.3 is 16.2 Å². The van der Waals surface area contributed by atoms with Gasteiger partial charge >= 0.3 is 0 Å². The van der Waals surface area contributed by atoms with E-state index >= 15 is 0 Å². The molecule has 4 N–H and O–H groups in total. The first kappa shape index (κ1) is 13.4. The Hall–Kier alpha value is -2.01. The lowest BCUT2D eigenvalue weighted by molar-refractivity contribution is 0.0950. The molecule has 0 atom stereocenters. The molecule has 0 unspecified atom stereocenters. The molecule has 2 aromatic rings. The fourth-order valence-corrected chi connectivity index (χ4v) is 2.05. The van der Waals surface area contributed by atoms with Crippen LogP contribution in [0.3, 0.4) is 0 Å². The van der Waals surface area contributed by atoms with Crippen molar-refractivity contribution in [2.45, 2.75) is 6.54 Å². The number of benzene rings is 2. The molecule has 0 aliphatic heterocycles. The van der Waals surface area contributed by atoms with Gasteiger partial charge in [0.05, 0.1) is 0 Å². The summed E-state index contributed by atoms with van der Waals surface area (Å²) in [5.41, 5.74) is 7.32. The van der Waals surface area contributed by atoms with E-state index in [-0.39, 0.29) is 18.2 Å². The lowest BCUT2D eigenvalue weighted by atomic mass is 10.1. The van der Waals surface area contributed by atoms with Crippen LogP contribution in [0.1, 0.15) is 15.9 Å². The second-order valence-electron chi connectivity index (χ2n) is 4.08. The summed E-state index contributed by atoms with van der Waals surface area (Å²) in [5, 5.41) is 12.4. The number of carbonyl (C=O) groups excluding carboxylic acids is 1. The lowest BCUT2D eigenvalue weighted by Gasteiger charge is -2.08. The van der Waals surface area contributed by atoms with Gasteiger partial charge in [0, 0.05) is 27.8 Å². The standard InChI is InChI=1S/C14H13BrN2O2/c15-11-3-1-2-9(6-11)14(19)17-8-10-7-12(16)4-5-13(10)18/h1-7,18H,8,16H2,(H,17,19). The number of aromatic hydroxyl groups is 1. The summed E-state index contributed by atoms with van der Waals surface area (Å²) >= 11 is 3.31. The van der Waals surface area contributed by atoms with Gasteiger partial charge in [0.15, 0.2) is 0 Å². The molecule has 0 heterocycles. The number of nitrogens with one attached hydrogen (secondary N) is 1. The van der Waals surface area contributed by atoms with Crippen LogP contribution in [0.25, 0.3) is 0 Å². The zero-order valence-electron chi connectivity index (χ0n) is 10.1. The van der Waals surface area contributed by atoms with Crippen molar-refractivity contribution >= 4 is 27.5 Å².